The van der Waals surface area contributed by atoms with Crippen LogP contribution < -0.4 is 0 Å². The molecule has 1 aliphatic rings. The molecule has 1 aliphatic heterocycles. The quantitative estimate of drug-likeness (QED) is 0.874. The fourth-order valence-electron chi connectivity index (χ4n) is 3.53. The molecule has 7 heteroatoms. The fraction of sp³-hybridized carbons (Fsp3) is 0.300. The Kier molecular flexibility index (Phi) is 5.23. The van der Waals surface area contributed by atoms with Gasteiger partial charge in [0.25, 0.3) is 5.91 Å². The van der Waals surface area contributed by atoms with Crippen LogP contribution in [-0.2, 0) is 4.79 Å². The zero-order valence-corrected chi connectivity index (χ0v) is 15.0. The number of carbonyl (C=O) groups excluding carboxylic acids is 1. The van der Waals surface area contributed by atoms with E-state index in [0.29, 0.717) is 17.7 Å². The minimum absolute atomic E-state index is 0.126. The Morgan fingerprint density at radius 2 is 1.78 bits per heavy atom. The van der Waals surface area contributed by atoms with E-state index < -0.39 is 29.6 Å². The highest BCUT2D eigenvalue weighted by Gasteiger charge is 2.44. The second-order valence-corrected chi connectivity index (χ2v) is 6.85. The van der Waals surface area contributed by atoms with Crippen LogP contribution in [0.1, 0.15) is 33.4 Å². The number of rotatable bonds is 5. The summed E-state index contributed by atoms with van der Waals surface area (Å²) in [5.74, 6) is -4.25. The monoisotopic (exact) mass is 374 g/mol. The van der Waals surface area contributed by atoms with Gasteiger partial charge in [-0.2, -0.15) is 0 Å². The average Bonchev–Trinajstić information content (AvgIpc) is 2.59. The Balaban J connectivity index is 2.19. The van der Waals surface area contributed by atoms with Crippen molar-refractivity contribution in [3.63, 3.8) is 0 Å². The summed E-state index contributed by atoms with van der Waals surface area (Å²) in [5.41, 5.74) is 0.782. The van der Waals surface area contributed by atoms with Gasteiger partial charge in [-0.05, 0) is 43.4 Å². The first-order chi connectivity index (χ1) is 12.8. The van der Waals surface area contributed by atoms with Crippen LogP contribution >= 0.6 is 0 Å². The second-order valence-electron chi connectivity index (χ2n) is 6.85. The predicted molar refractivity (Wildman–Crippen MR) is 95.5 cm³/mol. The van der Waals surface area contributed by atoms with Crippen LogP contribution in [0.5, 0.6) is 0 Å². The molecule has 3 rings (SSSR count). The number of aliphatic carboxylic acids is 1. The molecule has 0 saturated heterocycles. The number of fused-ring (bicyclic) bond motifs is 1. The number of nitrogens with zero attached hydrogens (tertiary/aromatic N) is 2. The van der Waals surface area contributed by atoms with Gasteiger partial charge in [0.2, 0.25) is 0 Å². The number of likely N-dealkylation sites (N-methyl/N-ethyl adjacent to an activating group) is 1. The van der Waals surface area contributed by atoms with Crippen molar-refractivity contribution in [3.05, 3.63) is 70.8 Å². The third-order valence-electron chi connectivity index (χ3n) is 4.72. The third-order valence-corrected chi connectivity index (χ3v) is 4.72. The molecule has 2 aromatic carbocycles. The minimum Gasteiger partial charge on any atom is -0.481 e. The van der Waals surface area contributed by atoms with Gasteiger partial charge in [0.15, 0.2) is 0 Å². The molecule has 2 unspecified atom stereocenters. The van der Waals surface area contributed by atoms with E-state index >= 15 is 0 Å². The normalized spacial score (nSPS) is 19.3. The van der Waals surface area contributed by atoms with Crippen molar-refractivity contribution in [1.82, 2.24) is 9.80 Å². The molecule has 1 N–H and O–H groups in total. The Hall–Kier alpha value is -2.80. The van der Waals surface area contributed by atoms with Gasteiger partial charge < -0.3 is 14.9 Å². The van der Waals surface area contributed by atoms with Crippen LogP contribution in [0.2, 0.25) is 0 Å². The van der Waals surface area contributed by atoms with Crippen molar-refractivity contribution in [2.45, 2.75) is 12.0 Å². The van der Waals surface area contributed by atoms with Gasteiger partial charge in [-0.1, -0.05) is 18.2 Å². The topological polar surface area (TPSA) is 60.9 Å². The number of carboxylic acids is 1. The van der Waals surface area contributed by atoms with Crippen LogP contribution in [-0.4, -0.2) is 54.0 Å². The molecule has 1 heterocycles. The largest absolute Gasteiger partial charge is 0.481 e. The molecular weight excluding hydrogens is 354 g/mol. The molecule has 5 nitrogen and oxygen atoms in total. The SMILES string of the molecule is CN(C)CCN1C(=O)c2ccccc2C(C(=O)O)C1c1cc(F)cc(F)c1. The summed E-state index contributed by atoms with van der Waals surface area (Å²) in [7, 11) is 3.65. The molecular formula is C20H20F2N2O3. The highest BCUT2D eigenvalue weighted by molar-refractivity contribution is 6.00. The minimum atomic E-state index is -1.15. The van der Waals surface area contributed by atoms with Gasteiger partial charge >= 0.3 is 5.97 Å². The summed E-state index contributed by atoms with van der Waals surface area (Å²) in [6.07, 6.45) is 0. The summed E-state index contributed by atoms with van der Waals surface area (Å²) in [6.45, 7) is 0.710. The number of carbonyl (C=O) groups is 2. The molecule has 1 amide bonds. The van der Waals surface area contributed by atoms with E-state index in [-0.39, 0.29) is 18.0 Å². The predicted octanol–water partition coefficient (Wildman–Crippen LogP) is 2.89. The van der Waals surface area contributed by atoms with Gasteiger partial charge in [-0.15, -0.1) is 0 Å². The smallest absolute Gasteiger partial charge is 0.313 e. The molecule has 0 aliphatic carbocycles. The fourth-order valence-corrected chi connectivity index (χ4v) is 3.53. The summed E-state index contributed by atoms with van der Waals surface area (Å²) < 4.78 is 27.7. The van der Waals surface area contributed by atoms with E-state index in [1.165, 1.54) is 4.90 Å². The van der Waals surface area contributed by atoms with Gasteiger partial charge in [-0.3, -0.25) is 9.59 Å². The molecule has 142 valence electrons. The maximum Gasteiger partial charge on any atom is 0.313 e. The van der Waals surface area contributed by atoms with Crippen molar-refractivity contribution < 1.29 is 23.5 Å². The van der Waals surface area contributed by atoms with Gasteiger partial charge in [0.1, 0.15) is 17.6 Å². The number of carboxylic acid groups (broad SMARTS) is 1. The highest BCUT2D eigenvalue weighted by Crippen LogP contribution is 2.43. The zero-order valence-electron chi connectivity index (χ0n) is 15.0. The Morgan fingerprint density at radius 3 is 2.37 bits per heavy atom. The van der Waals surface area contributed by atoms with Crippen molar-refractivity contribution in [2.24, 2.45) is 0 Å². The summed E-state index contributed by atoms with van der Waals surface area (Å²) in [4.78, 5) is 28.5. The first kappa shape index (κ1) is 19.0. The van der Waals surface area contributed by atoms with Crippen LogP contribution in [0.4, 0.5) is 8.78 Å². The van der Waals surface area contributed by atoms with E-state index in [9.17, 15) is 23.5 Å². The lowest BCUT2D eigenvalue weighted by molar-refractivity contribution is -0.140. The maximum absolute atomic E-state index is 13.8. The molecule has 0 bridgehead atoms. The molecule has 2 aromatic rings. The zero-order chi connectivity index (χ0) is 19.7. The van der Waals surface area contributed by atoms with E-state index in [2.05, 4.69) is 0 Å². The number of benzene rings is 2. The first-order valence-electron chi connectivity index (χ1n) is 8.53. The van der Waals surface area contributed by atoms with Gasteiger partial charge in [0.05, 0.1) is 6.04 Å². The molecule has 0 fully saturated rings. The maximum atomic E-state index is 13.8. The highest BCUT2D eigenvalue weighted by atomic mass is 19.1. The first-order valence-corrected chi connectivity index (χ1v) is 8.53. The lowest BCUT2D eigenvalue weighted by atomic mass is 9.79. The van der Waals surface area contributed by atoms with Gasteiger partial charge in [0, 0.05) is 24.7 Å². The number of hydrogen-bond acceptors (Lipinski definition) is 3. The van der Waals surface area contributed by atoms with Crippen LogP contribution in [0.25, 0.3) is 0 Å². The molecule has 2 atom stereocenters. The third kappa shape index (κ3) is 3.68. The van der Waals surface area contributed by atoms with E-state index in [1.54, 1.807) is 24.3 Å². The van der Waals surface area contributed by atoms with Crippen molar-refractivity contribution in [3.8, 4) is 0 Å². The molecule has 0 radical (unpaired) electrons. The van der Waals surface area contributed by atoms with E-state index in [4.69, 9.17) is 0 Å². The number of hydrogen-bond donors (Lipinski definition) is 1. The number of amides is 1. The molecule has 0 aromatic heterocycles. The van der Waals surface area contributed by atoms with E-state index in [1.807, 2.05) is 19.0 Å². The lowest BCUT2D eigenvalue weighted by Gasteiger charge is -2.41. The van der Waals surface area contributed by atoms with Crippen molar-refractivity contribution >= 4 is 11.9 Å². The van der Waals surface area contributed by atoms with Gasteiger partial charge in [-0.25, -0.2) is 8.78 Å². The van der Waals surface area contributed by atoms with Crippen LogP contribution in [0, 0.1) is 11.6 Å². The second kappa shape index (κ2) is 7.44. The van der Waals surface area contributed by atoms with E-state index in [0.717, 1.165) is 18.2 Å². The lowest BCUT2D eigenvalue weighted by Crippen LogP contribution is -2.47. The Morgan fingerprint density at radius 1 is 1.15 bits per heavy atom. The average molecular weight is 374 g/mol. The summed E-state index contributed by atoms with van der Waals surface area (Å²) >= 11 is 0. The summed E-state index contributed by atoms with van der Waals surface area (Å²) in [5, 5.41) is 9.90. The molecule has 0 spiro atoms. The van der Waals surface area contributed by atoms with Crippen molar-refractivity contribution in [2.75, 3.05) is 27.2 Å². The standard InChI is InChI=1S/C20H20F2N2O3/c1-23(2)7-8-24-18(12-9-13(21)11-14(22)10-12)17(20(26)27)15-5-3-4-6-16(15)19(24)25/h3-6,9-11,17-18H,7-8H2,1-2H3,(H,26,27). The summed E-state index contributed by atoms with van der Waals surface area (Å²) in [6, 6.07) is 8.39. The van der Waals surface area contributed by atoms with Crippen LogP contribution in [0.3, 0.4) is 0 Å². The van der Waals surface area contributed by atoms with Crippen LogP contribution in [0.15, 0.2) is 42.5 Å². The Bertz CT molecular complexity index is 865. The van der Waals surface area contributed by atoms with Crippen molar-refractivity contribution in [1.29, 1.82) is 0 Å². The molecule has 0 saturated carbocycles. The number of halogens is 2. The Labute approximate surface area is 155 Å². The molecule has 27 heavy (non-hydrogen) atoms.